The van der Waals surface area contributed by atoms with Crippen molar-refractivity contribution in [3.63, 3.8) is 0 Å². The van der Waals surface area contributed by atoms with E-state index in [1.807, 2.05) is 0 Å². The van der Waals surface area contributed by atoms with E-state index in [0.29, 0.717) is 6.42 Å². The topological polar surface area (TPSA) is 17.1 Å². The molecular weight excluding hydrogens is 280 g/mol. The maximum atomic E-state index is 12.5. The van der Waals surface area contributed by atoms with Crippen molar-refractivity contribution in [2.45, 2.75) is 6.42 Å². The Morgan fingerprint density at radius 2 is 1.09 bits per heavy atom. The van der Waals surface area contributed by atoms with E-state index < -0.39 is 0 Å². The van der Waals surface area contributed by atoms with Gasteiger partial charge in [-0.3, -0.25) is 4.79 Å². The number of benzene rings is 5. The fourth-order valence-electron chi connectivity index (χ4n) is 5.00. The minimum Gasteiger partial charge on any atom is -0.294 e. The first-order valence-electron chi connectivity index (χ1n) is 8.05. The van der Waals surface area contributed by atoms with Crippen molar-refractivity contribution in [3.8, 4) is 0 Å². The Morgan fingerprint density at radius 1 is 0.565 bits per heavy atom. The van der Waals surface area contributed by atoms with Crippen LogP contribution in [-0.2, 0) is 6.42 Å². The molecule has 0 aliphatic heterocycles. The molecule has 6 aromatic carbocycles. The van der Waals surface area contributed by atoms with E-state index in [4.69, 9.17) is 0 Å². The Labute approximate surface area is 131 Å². The smallest absolute Gasteiger partial charge is 0.167 e. The molecule has 0 bridgehead atoms. The molecule has 104 valence electrons. The van der Waals surface area contributed by atoms with Gasteiger partial charge in [0.2, 0.25) is 0 Å². The van der Waals surface area contributed by atoms with Gasteiger partial charge in [0, 0.05) is 12.0 Å². The highest BCUT2D eigenvalue weighted by Gasteiger charge is 2.29. The third-order valence-corrected chi connectivity index (χ3v) is 5.85. The minimum atomic E-state index is 0.268. The normalized spacial score (nSPS) is 14.9. The number of ketones is 1. The molecule has 1 nitrogen and oxygen atoms in total. The zero-order chi connectivity index (χ0) is 14.9. The summed E-state index contributed by atoms with van der Waals surface area (Å²) in [4.78, 5) is 12.5. The summed E-state index contributed by atoms with van der Waals surface area (Å²) in [6, 6.07) is 17.6. The van der Waals surface area contributed by atoms with Gasteiger partial charge < -0.3 is 0 Å². The van der Waals surface area contributed by atoms with Gasteiger partial charge in [0.1, 0.15) is 0 Å². The second kappa shape index (κ2) is 3.07. The standard InChI is InChI=1S/C22H10O/c23-16-9-14-7-12-5-3-10-1-2-11-4-6-13-8-15(16)17(14)22-20(12)18(10)19(11)21(13)22/h1-8H,9H2. The van der Waals surface area contributed by atoms with Crippen LogP contribution in [0.25, 0.3) is 53.9 Å². The Balaban J connectivity index is 2.07. The van der Waals surface area contributed by atoms with Crippen molar-refractivity contribution in [1.82, 2.24) is 0 Å². The van der Waals surface area contributed by atoms with E-state index in [9.17, 15) is 4.79 Å². The number of rotatable bonds is 0. The summed E-state index contributed by atoms with van der Waals surface area (Å²) in [5, 5.41) is 13.1. The van der Waals surface area contributed by atoms with Gasteiger partial charge in [0.15, 0.2) is 5.78 Å². The van der Waals surface area contributed by atoms with Crippen LogP contribution < -0.4 is 0 Å². The molecule has 1 heteroatoms. The molecule has 0 saturated carbocycles. The Hall–Kier alpha value is -2.93. The van der Waals surface area contributed by atoms with Gasteiger partial charge in [-0.05, 0) is 65.5 Å². The highest BCUT2D eigenvalue weighted by atomic mass is 16.1. The van der Waals surface area contributed by atoms with E-state index in [1.165, 1.54) is 59.4 Å². The summed E-state index contributed by atoms with van der Waals surface area (Å²) >= 11 is 0. The van der Waals surface area contributed by atoms with Gasteiger partial charge in [-0.25, -0.2) is 0 Å². The number of hydrogen-bond acceptors (Lipinski definition) is 1. The molecule has 1 aliphatic carbocycles. The third-order valence-electron chi connectivity index (χ3n) is 5.85. The lowest BCUT2D eigenvalue weighted by molar-refractivity contribution is 0.1000. The SMILES string of the molecule is O=C1Cc2cc3ccc4ccc5ccc6cc1c2c1c3c4c5c61. The maximum absolute atomic E-state index is 12.5. The van der Waals surface area contributed by atoms with Crippen LogP contribution >= 0.6 is 0 Å². The molecule has 0 amide bonds. The average molecular weight is 290 g/mol. The zero-order valence-electron chi connectivity index (χ0n) is 12.2. The molecule has 0 spiro atoms. The van der Waals surface area contributed by atoms with Gasteiger partial charge in [-0.1, -0.05) is 42.5 Å². The first kappa shape index (κ1) is 10.7. The molecular formula is C22H10O. The Kier molecular flexibility index (Phi) is 1.43. The molecule has 1 aliphatic rings. The van der Waals surface area contributed by atoms with Crippen molar-refractivity contribution in [2.24, 2.45) is 0 Å². The third kappa shape index (κ3) is 0.960. The van der Waals surface area contributed by atoms with E-state index in [1.54, 1.807) is 0 Å². The molecule has 0 saturated heterocycles. The van der Waals surface area contributed by atoms with Crippen LogP contribution in [0.1, 0.15) is 15.9 Å². The Morgan fingerprint density at radius 3 is 1.74 bits per heavy atom. The zero-order valence-corrected chi connectivity index (χ0v) is 12.2. The largest absolute Gasteiger partial charge is 0.294 e. The van der Waals surface area contributed by atoms with E-state index in [-0.39, 0.29) is 5.78 Å². The predicted octanol–water partition coefficient (Wildman–Crippen LogP) is 5.50. The number of Topliss-reactive ketones (excluding diaryl/α,β-unsaturated/α-hetero) is 1. The number of hydrogen-bond donors (Lipinski definition) is 0. The molecule has 0 atom stereocenters. The molecule has 0 heterocycles. The van der Waals surface area contributed by atoms with Crippen LogP contribution in [-0.4, -0.2) is 5.78 Å². The van der Waals surface area contributed by atoms with Crippen molar-refractivity contribution >= 4 is 59.6 Å². The molecule has 0 N–H and O–H groups in total. The molecule has 0 radical (unpaired) electrons. The molecule has 23 heavy (non-hydrogen) atoms. The van der Waals surface area contributed by atoms with E-state index in [0.717, 1.165) is 5.56 Å². The van der Waals surface area contributed by atoms with Gasteiger partial charge >= 0.3 is 0 Å². The quantitative estimate of drug-likeness (QED) is 0.337. The lowest BCUT2D eigenvalue weighted by atomic mass is 9.96. The lowest BCUT2D eigenvalue weighted by Gasteiger charge is -2.07. The molecule has 0 aromatic heterocycles. The Bertz CT molecular complexity index is 1400. The van der Waals surface area contributed by atoms with Gasteiger partial charge in [0.05, 0.1) is 0 Å². The number of carbonyl (C=O) groups excluding carboxylic acids is 1. The molecule has 0 fully saturated rings. The summed E-state index contributed by atoms with van der Waals surface area (Å²) in [5.74, 6) is 0.268. The molecule has 0 unspecified atom stereocenters. The summed E-state index contributed by atoms with van der Waals surface area (Å²) in [5.41, 5.74) is 2.13. The predicted molar refractivity (Wildman–Crippen MR) is 95.6 cm³/mol. The first-order valence-corrected chi connectivity index (χ1v) is 8.05. The van der Waals surface area contributed by atoms with Crippen molar-refractivity contribution in [3.05, 3.63) is 59.7 Å². The fourth-order valence-corrected chi connectivity index (χ4v) is 5.00. The average Bonchev–Trinajstić information content (AvgIpc) is 3.08. The van der Waals surface area contributed by atoms with Crippen LogP contribution in [0.5, 0.6) is 0 Å². The highest BCUT2D eigenvalue weighted by molar-refractivity contribution is 6.46. The highest BCUT2D eigenvalue weighted by Crippen LogP contribution is 2.50. The fraction of sp³-hybridized carbons (Fsp3) is 0.0455. The second-order valence-corrected chi connectivity index (χ2v) is 6.90. The van der Waals surface area contributed by atoms with Crippen molar-refractivity contribution in [2.75, 3.05) is 0 Å². The van der Waals surface area contributed by atoms with Crippen LogP contribution in [0.2, 0.25) is 0 Å². The van der Waals surface area contributed by atoms with Gasteiger partial charge in [-0.2, -0.15) is 0 Å². The second-order valence-electron chi connectivity index (χ2n) is 6.90. The van der Waals surface area contributed by atoms with E-state index >= 15 is 0 Å². The van der Waals surface area contributed by atoms with Crippen LogP contribution in [0.15, 0.2) is 48.5 Å². The lowest BCUT2D eigenvalue weighted by Crippen LogP contribution is -1.93. The van der Waals surface area contributed by atoms with Crippen LogP contribution in [0, 0.1) is 0 Å². The van der Waals surface area contributed by atoms with E-state index in [2.05, 4.69) is 48.5 Å². The van der Waals surface area contributed by atoms with Gasteiger partial charge in [0.25, 0.3) is 0 Å². The van der Waals surface area contributed by atoms with Gasteiger partial charge in [-0.15, -0.1) is 0 Å². The minimum absolute atomic E-state index is 0.268. The summed E-state index contributed by atoms with van der Waals surface area (Å²) in [7, 11) is 0. The van der Waals surface area contributed by atoms with Crippen molar-refractivity contribution in [1.29, 1.82) is 0 Å². The van der Waals surface area contributed by atoms with Crippen LogP contribution in [0.3, 0.4) is 0 Å². The van der Waals surface area contributed by atoms with Crippen LogP contribution in [0.4, 0.5) is 0 Å². The monoisotopic (exact) mass is 290 g/mol. The molecule has 7 rings (SSSR count). The number of carbonyl (C=O) groups is 1. The summed E-state index contributed by atoms with van der Waals surface area (Å²) < 4.78 is 0. The summed E-state index contributed by atoms with van der Waals surface area (Å²) in [6.07, 6.45) is 0.551. The maximum Gasteiger partial charge on any atom is 0.167 e. The molecule has 6 aromatic rings. The summed E-state index contributed by atoms with van der Waals surface area (Å²) in [6.45, 7) is 0. The first-order chi connectivity index (χ1) is 11.3. The van der Waals surface area contributed by atoms with Crippen molar-refractivity contribution < 1.29 is 4.79 Å².